The van der Waals surface area contributed by atoms with E-state index in [4.69, 9.17) is 27.7 Å². The SMILES string of the molecule is C.C.C.C.CC(C)(C)OC(=O)N1CCN(c2ccn3c(=O)[nH]nc3c2)CC1.CC(C)(C)OC(=O)N1CCNCC1.CC(C)(C)OC=O.Cl.Fc1cc(I)ccn1.N=N.NNc1cc(I)ccn1.O.O=C1CCC(Br)C(=O)N1.O=C1CCC(n2nc3cc(N4CCNCC4)ccn3c2=O)C(=O)N1.O=C1CCC(n2nc3cc(N4CCNCC4)ccn3c2=O)C(=O)N1.O=c1[nH]nc2cc(I)ccn12.[2H]CI.[HH]. The van der Waals surface area contributed by atoms with Gasteiger partial charge in [-0.1, -0.05) is 68.2 Å². The maximum Gasteiger partial charge on any atom is 0.410 e. The van der Waals surface area contributed by atoms with Gasteiger partial charge in [-0.3, -0.25) is 67.1 Å². The van der Waals surface area contributed by atoms with Gasteiger partial charge in [-0.15, -0.1) is 22.6 Å². The molecule has 8 amide bonds. The molecule has 53 heteroatoms. The first kappa shape index (κ1) is 124. The first-order valence-corrected chi connectivity index (χ1v) is 46.9. The molecule has 138 heavy (non-hydrogen) atoms. The number of carbonyl (C=O) groups is 9. The first-order valence-electron chi connectivity index (χ1n) is 41.9. The summed E-state index contributed by atoms with van der Waals surface area (Å²) in [5.41, 5.74) is 15.3. The van der Waals surface area contributed by atoms with E-state index < -0.39 is 35.4 Å². The number of alkyl halides is 2. The first-order chi connectivity index (χ1) is 63.1. The smallest absolute Gasteiger partial charge is 0.410 e. The molecule has 7 saturated heterocycles. The molecule has 7 fully saturated rings. The molecule has 46 nitrogen and oxygen atoms in total. The second kappa shape index (κ2) is 61.3. The van der Waals surface area contributed by atoms with Crippen LogP contribution in [0.4, 0.5) is 36.9 Å². The Balaban J connectivity index is 0.00000158. The van der Waals surface area contributed by atoms with E-state index in [1.165, 1.54) is 39.2 Å². The fourth-order valence-corrected chi connectivity index (χ4v) is 14.4. The second-order valence-electron chi connectivity index (χ2n) is 32.0. The van der Waals surface area contributed by atoms with E-state index in [0.29, 0.717) is 91.6 Å². The number of anilines is 4. The number of aromatic nitrogens is 14. The van der Waals surface area contributed by atoms with Crippen LogP contribution in [0.15, 0.2) is 129 Å². The highest BCUT2D eigenvalue weighted by Crippen LogP contribution is 2.24. The maximum atomic E-state index is 12.5. The van der Waals surface area contributed by atoms with Crippen molar-refractivity contribution in [1.82, 2.24) is 109 Å². The number of rotatable bonds is 7. The third-order valence-corrected chi connectivity index (χ3v) is 21.9. The van der Waals surface area contributed by atoms with Crippen molar-refractivity contribution in [2.75, 3.05) is 130 Å². The van der Waals surface area contributed by atoms with Crippen LogP contribution in [0, 0.1) is 27.7 Å². The molecule has 0 spiro atoms. The highest BCUT2D eigenvalue weighted by atomic mass is 127. The zero-order chi connectivity index (χ0) is 97.9. The molecule has 0 radical (unpaired) electrons. The Kier molecular flexibility index (Phi) is 54.9. The molecule has 3 unspecified atom stereocenters. The van der Waals surface area contributed by atoms with Gasteiger partial charge in [0.2, 0.25) is 29.6 Å². The summed E-state index contributed by atoms with van der Waals surface area (Å²) in [6.07, 6.45) is 11.5. The number of hydrogen-bond donors (Lipinski definition) is 12. The van der Waals surface area contributed by atoms with Gasteiger partial charge in [0, 0.05) is 216 Å². The summed E-state index contributed by atoms with van der Waals surface area (Å²) in [4.78, 5) is 166. The lowest BCUT2D eigenvalue weighted by molar-refractivity contribution is -0.139. The average Bonchev–Trinajstić information content (AvgIpc) is 1.63. The normalized spacial score (nSPS) is 16.6. The van der Waals surface area contributed by atoms with Crippen molar-refractivity contribution in [3.63, 3.8) is 0 Å². The minimum Gasteiger partial charge on any atom is -0.462 e. The molecule has 15 N–H and O–H groups in total. The van der Waals surface area contributed by atoms with Crippen molar-refractivity contribution in [1.29, 1.82) is 11.1 Å². The summed E-state index contributed by atoms with van der Waals surface area (Å²) in [6, 6.07) is 20.3. The molecule has 7 aliphatic rings. The number of nitrogens with two attached hydrogens (primary N) is 1. The van der Waals surface area contributed by atoms with Gasteiger partial charge in [-0.2, -0.15) is 24.0 Å². The van der Waals surface area contributed by atoms with Crippen LogP contribution in [-0.4, -0.2) is 268 Å². The Morgan fingerprint density at radius 1 is 0.514 bits per heavy atom. The number of halogens is 7. The fraction of sp³-hybridized carbons (Fsp3) is 0.494. The molecule has 10 aromatic heterocycles. The average molecular weight is 2470 g/mol. The van der Waals surface area contributed by atoms with Gasteiger partial charge < -0.3 is 65.6 Å². The number of carbonyl (C=O) groups excluding carboxylic acids is 9. The van der Waals surface area contributed by atoms with E-state index in [1.807, 2.05) is 168 Å². The Hall–Kier alpha value is -10.4. The van der Waals surface area contributed by atoms with Gasteiger partial charge in [0.25, 0.3) is 18.3 Å². The number of amides is 8. The van der Waals surface area contributed by atoms with E-state index in [1.54, 1.807) is 46.9 Å². The summed E-state index contributed by atoms with van der Waals surface area (Å²) in [7, 11) is 0. The lowest BCUT2D eigenvalue weighted by Crippen LogP contribution is -2.50. The van der Waals surface area contributed by atoms with Crippen LogP contribution in [0.2, 0.25) is 0 Å². The second-order valence-corrected chi connectivity index (χ2v) is 36.9. The number of nitrogens with one attached hydrogen (secondary N) is 11. The summed E-state index contributed by atoms with van der Waals surface area (Å²) in [5.74, 6) is 3.42. The topological polar surface area (TPSA) is 592 Å². The highest BCUT2D eigenvalue weighted by Gasteiger charge is 2.34. The van der Waals surface area contributed by atoms with Crippen LogP contribution in [0.3, 0.4) is 0 Å². The molecule has 766 valence electrons. The zero-order valence-corrected chi connectivity index (χ0v) is 85.9. The number of hydrogen-bond acceptors (Lipinski definition) is 32. The minimum atomic E-state index is -0.738. The van der Waals surface area contributed by atoms with Crippen LogP contribution in [0.25, 0.3) is 22.6 Å². The fourth-order valence-electron chi connectivity index (χ4n) is 12.7. The number of nitrogens with zero attached hydrogens (tertiary/aromatic N) is 17. The number of nitrogen functional groups attached to an aromatic ring is 1. The number of ether oxygens (including phenoxy) is 3. The monoisotopic (exact) mass is 2470 g/mol. The Morgan fingerprint density at radius 3 is 1.22 bits per heavy atom. The predicted molar refractivity (Wildman–Crippen MR) is 566 cm³/mol. The van der Waals surface area contributed by atoms with Crippen LogP contribution >= 0.6 is 119 Å². The van der Waals surface area contributed by atoms with Crippen molar-refractivity contribution >= 4 is 218 Å². The van der Waals surface area contributed by atoms with E-state index in [9.17, 15) is 66.7 Å². The number of hydrazine groups is 1. The minimum absolute atomic E-state index is 0. The van der Waals surface area contributed by atoms with Crippen LogP contribution < -0.4 is 80.6 Å². The maximum absolute atomic E-state index is 12.5. The Bertz CT molecular complexity index is 5670. The molecule has 3 atom stereocenters. The number of piperazine rings is 4. The van der Waals surface area contributed by atoms with Crippen LogP contribution in [-0.2, 0) is 47.8 Å². The molecular weight excluding hydrogens is 2340 g/mol. The summed E-state index contributed by atoms with van der Waals surface area (Å²) in [5, 5.41) is 37.7. The summed E-state index contributed by atoms with van der Waals surface area (Å²) in [6.45, 7) is 30.3. The van der Waals surface area contributed by atoms with Crippen molar-refractivity contribution in [3.8, 4) is 0 Å². The third kappa shape index (κ3) is 40.1. The molecule has 0 aliphatic carbocycles. The van der Waals surface area contributed by atoms with E-state index in [2.05, 4.69) is 158 Å². The predicted octanol–water partition coefficient (Wildman–Crippen LogP) is 8.28. The third-order valence-electron chi connectivity index (χ3n) is 19.0. The molecule has 17 heterocycles. The quantitative estimate of drug-likeness (QED) is 0.00821. The van der Waals surface area contributed by atoms with Gasteiger partial charge >= 0.3 is 34.9 Å². The van der Waals surface area contributed by atoms with Gasteiger partial charge in [-0.05, 0) is 203 Å². The number of piperidine rings is 3. The van der Waals surface area contributed by atoms with Crippen LogP contribution in [0.5, 0.6) is 0 Å². The molecule has 0 aromatic carbocycles. The Morgan fingerprint density at radius 2 is 0.870 bits per heavy atom. The van der Waals surface area contributed by atoms with Gasteiger partial charge in [0.1, 0.15) is 34.7 Å². The lowest BCUT2D eigenvalue weighted by atomic mass is 10.1. The Labute approximate surface area is 869 Å². The molecule has 10 aromatic rings. The summed E-state index contributed by atoms with van der Waals surface area (Å²) < 4.78 is 44.6. The van der Waals surface area contributed by atoms with Crippen molar-refractivity contribution in [2.45, 2.75) is 164 Å². The van der Waals surface area contributed by atoms with Gasteiger partial charge in [0.05, 0.1) is 4.83 Å². The number of imide groups is 3. The lowest BCUT2D eigenvalue weighted by Gasteiger charge is -2.36. The van der Waals surface area contributed by atoms with E-state index >= 15 is 0 Å². The number of pyridine rings is 6. The zero-order valence-electron chi connectivity index (χ0n) is 75.9. The molecule has 0 bridgehead atoms. The molecular formula is C85H130BrClFI4N29O17. The number of H-pyrrole nitrogens is 2. The summed E-state index contributed by atoms with van der Waals surface area (Å²) >= 11 is 11.5. The van der Waals surface area contributed by atoms with Crippen molar-refractivity contribution in [2.24, 2.45) is 5.84 Å². The van der Waals surface area contributed by atoms with Crippen molar-refractivity contribution < 1.29 is 70.0 Å². The van der Waals surface area contributed by atoms with Crippen LogP contribution in [0.1, 0.15) is 145 Å². The van der Waals surface area contributed by atoms with Gasteiger partial charge in [-0.25, -0.2) is 65.8 Å². The molecule has 17 rings (SSSR count). The number of aromatic amines is 2. The number of fused-ring (bicyclic) bond motifs is 4. The largest absolute Gasteiger partial charge is 0.462 e. The molecule has 7 aliphatic heterocycles. The van der Waals surface area contributed by atoms with Gasteiger partial charge in [0.15, 0.2) is 22.6 Å². The highest BCUT2D eigenvalue weighted by molar-refractivity contribution is 14.1. The van der Waals surface area contributed by atoms with Crippen molar-refractivity contribution in [3.05, 3.63) is 169 Å². The molecule has 0 saturated carbocycles. The van der Waals surface area contributed by atoms with E-state index in [0.717, 1.165) is 106 Å². The standard InChI is InChI=1S/2C15H18N6O3.C15H21N5O3.C9H18N2O2.C6H4IN3O.C5H6BrNO2.C5H3FIN.C5H6IN3.C5H10O2.CH3I.4CH4.ClH.H2N2.H2O.H2/c2*22-13-2-1-11(14(23)17-13)21-15(24)20-6-3-10(9-12(20)18-21)19-7-4-16-5-8-19;1-15(2,3)23-14(22)19-8-6-18(7-9-19)11-4-5-20-12(10-11)16-17-13(20)21;1-9(2,3)13-8(12)11-6-4-10-5-7-11;7-4-1-2-10-5(3-4)8-9-6(10)11;6-3-1-2-4(8)7-5(3)9;6-5-3-4(7)1-2-8-5;6-4-1-2-8-5(3-4)9-7;1-5(2,3)7-4-6;1-2;;;;;;1-2;;/h2*3,6,9,11,16H,1-2,4-5,7-8H2,(H,17,22,23);4-5,10H,6-9H2,1-3H3,(H,17,21);10H,4-7H2,1-3H3;1-3H,(H,9,11);3H,1-2H2,(H,7,8,9);1-3H;1-3H,7H2,(H,8,9);4H,1-3H3;1H3;4*1H4;1H;1-2H;1H2;1H/i;;;;;;;;;1D;;;;;;;;. The van der Waals surface area contributed by atoms with E-state index in [-0.39, 0.29) is 136 Å².